The summed E-state index contributed by atoms with van der Waals surface area (Å²) in [6.45, 7) is 1.96. The lowest BCUT2D eigenvalue weighted by atomic mass is 10.1. The van der Waals surface area contributed by atoms with Crippen molar-refractivity contribution in [2.24, 2.45) is 0 Å². The smallest absolute Gasteiger partial charge is 0.246 e. The van der Waals surface area contributed by atoms with Gasteiger partial charge in [-0.05, 0) is 45.6 Å². The van der Waals surface area contributed by atoms with Crippen molar-refractivity contribution in [1.82, 2.24) is 4.98 Å². The molecule has 1 aliphatic heterocycles. The van der Waals surface area contributed by atoms with E-state index in [0.717, 1.165) is 28.9 Å². The van der Waals surface area contributed by atoms with Crippen LogP contribution in [0.25, 0.3) is 5.57 Å². The summed E-state index contributed by atoms with van der Waals surface area (Å²) >= 11 is 3.41. The van der Waals surface area contributed by atoms with E-state index in [1.807, 2.05) is 12.1 Å². The first-order valence-corrected chi connectivity index (χ1v) is 6.22. The molecule has 0 atom stereocenters. The molecule has 0 spiro atoms. The quantitative estimate of drug-likeness (QED) is 0.633. The molecule has 0 unspecified atom stereocenters. The third-order valence-electron chi connectivity index (χ3n) is 2.39. The van der Waals surface area contributed by atoms with Crippen molar-refractivity contribution >= 4 is 32.0 Å². The fourth-order valence-corrected chi connectivity index (χ4v) is 2.29. The number of ether oxygens (including phenoxy) is 1. The molecule has 2 rings (SSSR count). The number of nitrogens with zero attached hydrogens (tertiary/aromatic N) is 1. The molecule has 0 fully saturated rings. The predicted octanol–water partition coefficient (Wildman–Crippen LogP) is 2.25. The number of pyridine rings is 1. The van der Waals surface area contributed by atoms with E-state index >= 15 is 0 Å². The van der Waals surface area contributed by atoms with Gasteiger partial charge in [0, 0.05) is 0 Å². The van der Waals surface area contributed by atoms with Crippen molar-refractivity contribution in [1.29, 1.82) is 0 Å². The molecule has 0 aromatic carbocycles. The van der Waals surface area contributed by atoms with Crippen LogP contribution in [0.1, 0.15) is 17.7 Å². The summed E-state index contributed by atoms with van der Waals surface area (Å²) in [6, 6.07) is 3.99. The Bertz CT molecular complexity index is 409. The Morgan fingerprint density at radius 3 is 3.06 bits per heavy atom. The van der Waals surface area contributed by atoms with Gasteiger partial charge in [0.15, 0.2) is 0 Å². The summed E-state index contributed by atoms with van der Waals surface area (Å²) < 4.78 is 11.0. The molecule has 3 nitrogen and oxygen atoms in total. The van der Waals surface area contributed by atoms with Crippen LogP contribution in [-0.2, 0) is 15.8 Å². The first-order valence-electron chi connectivity index (χ1n) is 5.02. The van der Waals surface area contributed by atoms with Crippen LogP contribution in [-0.4, -0.2) is 28.7 Å². The van der Waals surface area contributed by atoms with E-state index in [0.29, 0.717) is 13.2 Å². The Morgan fingerprint density at radius 1 is 1.50 bits per heavy atom. The summed E-state index contributed by atoms with van der Waals surface area (Å²) in [6.07, 6.45) is 2.99. The largest absolute Gasteiger partial charge is 0.414 e. The van der Waals surface area contributed by atoms with E-state index in [2.05, 4.69) is 37.5 Å². The Balaban J connectivity index is 2.29. The monoisotopic (exact) mass is 296 g/mol. The van der Waals surface area contributed by atoms with E-state index in [4.69, 9.17) is 9.16 Å². The van der Waals surface area contributed by atoms with Crippen molar-refractivity contribution in [2.75, 3.05) is 13.2 Å². The van der Waals surface area contributed by atoms with Gasteiger partial charge in [0.2, 0.25) is 10.5 Å². The summed E-state index contributed by atoms with van der Waals surface area (Å²) in [5.74, 6) is 0. The molecule has 83 valence electrons. The average molecular weight is 297 g/mol. The Kier molecular flexibility index (Phi) is 4.28. The van der Waals surface area contributed by atoms with Crippen LogP contribution < -0.4 is 0 Å². The molecule has 3 radical (unpaired) electrons. The van der Waals surface area contributed by atoms with Crippen LogP contribution in [0.5, 0.6) is 0 Å². The maximum absolute atomic E-state index is 5.28. The molecule has 0 aliphatic carbocycles. The molecule has 2 heterocycles. The number of aromatic nitrogens is 1. The molecule has 0 saturated heterocycles. The average Bonchev–Trinajstić information content (AvgIpc) is 2.30. The third-order valence-corrected chi connectivity index (χ3v) is 2.94. The van der Waals surface area contributed by atoms with Crippen molar-refractivity contribution in [3.05, 3.63) is 34.1 Å². The molecule has 0 bridgehead atoms. The van der Waals surface area contributed by atoms with Crippen LogP contribution in [0.2, 0.25) is 0 Å². The molecule has 0 saturated carbocycles. The van der Waals surface area contributed by atoms with Gasteiger partial charge in [0.1, 0.15) is 4.60 Å². The molecular formula is C11H11BrNO2Si. The van der Waals surface area contributed by atoms with E-state index in [-0.39, 0.29) is 0 Å². The van der Waals surface area contributed by atoms with Crippen LogP contribution in [0.4, 0.5) is 0 Å². The third kappa shape index (κ3) is 3.01. The standard InChI is InChI=1S/C11H11BrNO2Si/c12-11-6-8(7-15-16)5-10(13-11)9-1-3-14-4-2-9/h1,5-6H,2-4,7H2. The van der Waals surface area contributed by atoms with E-state index < -0.39 is 0 Å². The van der Waals surface area contributed by atoms with Crippen molar-refractivity contribution in [2.45, 2.75) is 13.0 Å². The van der Waals surface area contributed by atoms with Crippen molar-refractivity contribution in [3.8, 4) is 0 Å². The normalized spacial score (nSPS) is 16.0. The summed E-state index contributed by atoms with van der Waals surface area (Å²) in [5, 5.41) is 0. The van der Waals surface area contributed by atoms with Gasteiger partial charge in [-0.15, -0.1) is 0 Å². The zero-order chi connectivity index (χ0) is 11.4. The second kappa shape index (κ2) is 5.72. The van der Waals surface area contributed by atoms with Gasteiger partial charge in [-0.1, -0.05) is 6.08 Å². The Morgan fingerprint density at radius 2 is 2.38 bits per heavy atom. The Hall–Kier alpha value is -0.493. The summed E-state index contributed by atoms with van der Waals surface area (Å²) in [4.78, 5) is 4.46. The van der Waals surface area contributed by atoms with Gasteiger partial charge in [-0.3, -0.25) is 0 Å². The fourth-order valence-electron chi connectivity index (χ4n) is 1.64. The first kappa shape index (κ1) is 12.0. The lowest BCUT2D eigenvalue weighted by molar-refractivity contribution is 0.161. The highest BCUT2D eigenvalue weighted by Crippen LogP contribution is 2.23. The maximum atomic E-state index is 5.28. The van der Waals surface area contributed by atoms with Crippen LogP contribution in [0, 0.1) is 0 Å². The SMILES string of the molecule is [Si]OCc1cc(Br)nc(C2=CCOCC2)c1. The molecule has 0 N–H and O–H groups in total. The second-order valence-electron chi connectivity index (χ2n) is 3.53. The topological polar surface area (TPSA) is 31.4 Å². The highest BCUT2D eigenvalue weighted by atomic mass is 79.9. The lowest BCUT2D eigenvalue weighted by Crippen LogP contribution is -2.05. The van der Waals surface area contributed by atoms with Crippen LogP contribution >= 0.6 is 15.9 Å². The number of rotatable bonds is 3. The number of halogens is 1. The minimum absolute atomic E-state index is 0.523. The van der Waals surface area contributed by atoms with Crippen LogP contribution in [0.3, 0.4) is 0 Å². The minimum Gasteiger partial charge on any atom is -0.414 e. The van der Waals surface area contributed by atoms with Gasteiger partial charge >= 0.3 is 0 Å². The van der Waals surface area contributed by atoms with Gasteiger partial charge in [0.05, 0.1) is 25.5 Å². The zero-order valence-electron chi connectivity index (χ0n) is 8.70. The molecule has 1 aromatic heterocycles. The highest BCUT2D eigenvalue weighted by molar-refractivity contribution is 9.10. The van der Waals surface area contributed by atoms with Gasteiger partial charge in [0.25, 0.3) is 0 Å². The van der Waals surface area contributed by atoms with E-state index in [9.17, 15) is 0 Å². The van der Waals surface area contributed by atoms with Gasteiger partial charge < -0.3 is 9.16 Å². The number of hydrogen-bond donors (Lipinski definition) is 0. The highest BCUT2D eigenvalue weighted by Gasteiger charge is 2.09. The van der Waals surface area contributed by atoms with Gasteiger partial charge in [-0.25, -0.2) is 4.98 Å². The maximum Gasteiger partial charge on any atom is 0.246 e. The molecule has 0 amide bonds. The first-order chi connectivity index (χ1) is 7.79. The fraction of sp³-hybridized carbons (Fsp3) is 0.364. The number of hydrogen-bond acceptors (Lipinski definition) is 3. The van der Waals surface area contributed by atoms with Crippen molar-refractivity contribution < 1.29 is 9.16 Å². The zero-order valence-corrected chi connectivity index (χ0v) is 11.3. The molecule has 16 heavy (non-hydrogen) atoms. The molecule has 5 heteroatoms. The molecule has 1 aromatic rings. The van der Waals surface area contributed by atoms with E-state index in [1.54, 1.807) is 0 Å². The molecular weight excluding hydrogens is 286 g/mol. The summed E-state index contributed by atoms with van der Waals surface area (Å²) in [5.41, 5.74) is 3.32. The predicted molar refractivity (Wildman–Crippen MR) is 65.9 cm³/mol. The van der Waals surface area contributed by atoms with Crippen molar-refractivity contribution in [3.63, 3.8) is 0 Å². The Labute approximate surface area is 107 Å². The van der Waals surface area contributed by atoms with E-state index in [1.165, 1.54) is 5.57 Å². The molecule has 1 aliphatic rings. The minimum atomic E-state index is 0.523. The van der Waals surface area contributed by atoms with Gasteiger partial charge in [-0.2, -0.15) is 0 Å². The lowest BCUT2D eigenvalue weighted by Gasteiger charge is -2.14. The summed E-state index contributed by atoms with van der Waals surface area (Å²) in [7, 11) is 3.01. The second-order valence-corrected chi connectivity index (χ2v) is 4.63. The van der Waals surface area contributed by atoms with Crippen LogP contribution in [0.15, 0.2) is 22.8 Å².